The van der Waals surface area contributed by atoms with E-state index in [0.717, 1.165) is 33.8 Å². The molecule has 0 fully saturated rings. The van der Waals surface area contributed by atoms with Crippen molar-refractivity contribution in [2.75, 3.05) is 0 Å². The van der Waals surface area contributed by atoms with Crippen molar-refractivity contribution in [3.63, 3.8) is 0 Å². The predicted molar refractivity (Wildman–Crippen MR) is 140 cm³/mol. The van der Waals surface area contributed by atoms with E-state index in [0.29, 0.717) is 11.8 Å². The van der Waals surface area contributed by atoms with Crippen LogP contribution in [-0.2, 0) is 12.4 Å². The van der Waals surface area contributed by atoms with Crippen LogP contribution >= 0.6 is 11.8 Å². The molecule has 0 unspecified atom stereocenters. The maximum absolute atomic E-state index is 6.01. The topological polar surface area (TPSA) is 60.0 Å². The van der Waals surface area contributed by atoms with Gasteiger partial charge in [-0.15, -0.1) is 5.10 Å². The lowest BCUT2D eigenvalue weighted by Crippen LogP contribution is -2.06. The predicted octanol–water partition coefficient (Wildman–Crippen LogP) is 6.51. The molecule has 0 aliphatic rings. The van der Waals surface area contributed by atoms with Gasteiger partial charge in [0, 0.05) is 11.3 Å². The summed E-state index contributed by atoms with van der Waals surface area (Å²) >= 11 is 1.47. The Morgan fingerprint density at radius 3 is 2.12 bits per heavy atom. The zero-order valence-corrected chi connectivity index (χ0v) is 19.0. The zero-order chi connectivity index (χ0) is 22.7. The number of ether oxygens (including phenoxy) is 1. The Kier molecular flexibility index (Phi) is 7.93. The maximum Gasteiger partial charge on any atom is 0.180 e. The molecule has 4 rings (SSSR count). The van der Waals surface area contributed by atoms with E-state index in [1.165, 1.54) is 17.3 Å². The normalized spacial score (nSPS) is 11.6. The zero-order valence-electron chi connectivity index (χ0n) is 18.2. The molecule has 0 aromatic heterocycles. The molecule has 0 radical (unpaired) electrons. The highest BCUT2D eigenvalue weighted by atomic mass is 32.2. The van der Waals surface area contributed by atoms with Crippen molar-refractivity contribution in [2.45, 2.75) is 12.4 Å². The minimum absolute atomic E-state index is 0.438. The minimum Gasteiger partial charge on any atom is -0.489 e. The molecular formula is C28H25N3OS. The lowest BCUT2D eigenvalue weighted by Gasteiger charge is -2.09. The molecule has 0 aliphatic carbocycles. The number of nitrogens with two attached hydrogens (primary N) is 1. The first-order chi connectivity index (χ1) is 16.3. The smallest absolute Gasteiger partial charge is 0.180 e. The molecule has 0 amide bonds. The van der Waals surface area contributed by atoms with E-state index in [1.807, 2.05) is 66.7 Å². The van der Waals surface area contributed by atoms with E-state index >= 15 is 0 Å². The van der Waals surface area contributed by atoms with Crippen molar-refractivity contribution >= 4 is 23.1 Å². The summed E-state index contributed by atoms with van der Waals surface area (Å²) in [4.78, 5) is 0. The Morgan fingerprint density at radius 1 is 0.758 bits per heavy atom. The Morgan fingerprint density at radius 2 is 1.39 bits per heavy atom. The molecule has 0 saturated carbocycles. The van der Waals surface area contributed by atoms with E-state index < -0.39 is 0 Å². The molecule has 5 heteroatoms. The highest BCUT2D eigenvalue weighted by molar-refractivity contribution is 8.13. The molecule has 0 aliphatic heterocycles. The second-order valence-corrected chi connectivity index (χ2v) is 8.34. The molecule has 0 bridgehead atoms. The van der Waals surface area contributed by atoms with Gasteiger partial charge in [0.25, 0.3) is 0 Å². The average molecular weight is 452 g/mol. The third kappa shape index (κ3) is 6.82. The number of rotatable bonds is 8. The van der Waals surface area contributed by atoms with Crippen molar-refractivity contribution < 1.29 is 4.74 Å². The molecule has 0 atom stereocenters. The van der Waals surface area contributed by atoms with Crippen LogP contribution in [0.4, 0.5) is 0 Å². The van der Waals surface area contributed by atoms with Gasteiger partial charge in [0.2, 0.25) is 0 Å². The first kappa shape index (κ1) is 22.4. The van der Waals surface area contributed by atoms with Gasteiger partial charge in [0.1, 0.15) is 12.4 Å². The minimum atomic E-state index is 0.438. The van der Waals surface area contributed by atoms with E-state index in [4.69, 9.17) is 10.5 Å². The Hall–Kier alpha value is -3.83. The summed E-state index contributed by atoms with van der Waals surface area (Å²) in [5, 5.41) is 8.79. The number of amidine groups is 1. The van der Waals surface area contributed by atoms with Gasteiger partial charge in [-0.3, -0.25) is 0 Å². The highest BCUT2D eigenvalue weighted by Crippen LogP contribution is 2.25. The second-order valence-electron chi connectivity index (χ2n) is 7.34. The van der Waals surface area contributed by atoms with E-state index in [1.54, 1.807) is 6.21 Å². The number of hydrogen-bond acceptors (Lipinski definition) is 4. The van der Waals surface area contributed by atoms with Crippen LogP contribution in [0.15, 0.2) is 119 Å². The largest absolute Gasteiger partial charge is 0.489 e. The second kappa shape index (κ2) is 11.7. The summed E-state index contributed by atoms with van der Waals surface area (Å²) < 4.78 is 5.90. The van der Waals surface area contributed by atoms with Crippen LogP contribution in [0.5, 0.6) is 5.75 Å². The van der Waals surface area contributed by atoms with E-state index in [9.17, 15) is 0 Å². The average Bonchev–Trinajstić information content (AvgIpc) is 2.88. The molecule has 33 heavy (non-hydrogen) atoms. The van der Waals surface area contributed by atoms with Crippen molar-refractivity contribution in [1.29, 1.82) is 0 Å². The van der Waals surface area contributed by atoms with Gasteiger partial charge in [-0.1, -0.05) is 109 Å². The molecule has 4 nitrogen and oxygen atoms in total. The van der Waals surface area contributed by atoms with Crippen LogP contribution in [0.1, 0.15) is 16.7 Å². The SMILES string of the molecule is NC(=NN=Cc1ccccc1-c1ccc(OCc2ccccc2)cc1)SCc1ccccc1. The van der Waals surface area contributed by atoms with Crippen molar-refractivity contribution in [3.8, 4) is 16.9 Å². The Bertz CT molecular complexity index is 1210. The quantitative estimate of drug-likeness (QED) is 0.189. The number of nitrogens with zero attached hydrogens (tertiary/aromatic N) is 2. The summed E-state index contributed by atoms with van der Waals surface area (Å²) in [7, 11) is 0. The first-order valence-electron chi connectivity index (χ1n) is 10.7. The van der Waals surface area contributed by atoms with Gasteiger partial charge < -0.3 is 10.5 Å². The number of thioether (sulfide) groups is 1. The number of benzene rings is 4. The third-order valence-electron chi connectivity index (χ3n) is 4.96. The lowest BCUT2D eigenvalue weighted by atomic mass is 10.0. The van der Waals surface area contributed by atoms with E-state index in [2.05, 4.69) is 52.7 Å². The standard InChI is InChI=1S/C28H25N3OS/c29-28(33-21-23-11-5-2-6-12-23)31-30-19-25-13-7-8-14-27(25)24-15-17-26(18-16-24)32-20-22-9-3-1-4-10-22/h1-19H,20-21H2,(H2,29,31). The van der Waals surface area contributed by atoms with Gasteiger partial charge in [0.05, 0.1) is 6.21 Å². The van der Waals surface area contributed by atoms with Gasteiger partial charge in [-0.25, -0.2) is 0 Å². The fourth-order valence-corrected chi connectivity index (χ4v) is 3.86. The number of hydrogen-bond donors (Lipinski definition) is 1. The molecule has 0 heterocycles. The molecule has 4 aromatic carbocycles. The van der Waals surface area contributed by atoms with Crippen LogP contribution in [0, 0.1) is 0 Å². The van der Waals surface area contributed by atoms with Crippen LogP contribution in [-0.4, -0.2) is 11.4 Å². The summed E-state index contributed by atoms with van der Waals surface area (Å²) in [6.45, 7) is 0.547. The van der Waals surface area contributed by atoms with E-state index in [-0.39, 0.29) is 0 Å². The summed E-state index contributed by atoms with van der Waals surface area (Å²) in [6.07, 6.45) is 1.74. The van der Waals surface area contributed by atoms with Crippen molar-refractivity contribution in [2.24, 2.45) is 15.9 Å². The fourth-order valence-electron chi connectivity index (χ4n) is 3.25. The van der Waals surface area contributed by atoms with Gasteiger partial charge in [0.15, 0.2) is 5.17 Å². The molecule has 2 N–H and O–H groups in total. The van der Waals surface area contributed by atoms with Crippen LogP contribution in [0.3, 0.4) is 0 Å². The third-order valence-corrected chi connectivity index (χ3v) is 5.81. The van der Waals surface area contributed by atoms with Crippen LogP contribution < -0.4 is 10.5 Å². The summed E-state index contributed by atoms with van der Waals surface area (Å²) in [5.41, 5.74) is 11.5. The van der Waals surface area contributed by atoms with Gasteiger partial charge in [-0.2, -0.15) is 5.10 Å². The fraction of sp³-hybridized carbons (Fsp3) is 0.0714. The highest BCUT2D eigenvalue weighted by Gasteiger charge is 2.04. The molecule has 0 saturated heterocycles. The van der Waals surface area contributed by atoms with Gasteiger partial charge in [-0.05, 0) is 34.4 Å². The maximum atomic E-state index is 6.01. The van der Waals surface area contributed by atoms with Crippen molar-refractivity contribution in [3.05, 3.63) is 126 Å². The Balaban J connectivity index is 1.39. The molecular weight excluding hydrogens is 426 g/mol. The van der Waals surface area contributed by atoms with Crippen LogP contribution in [0.2, 0.25) is 0 Å². The first-order valence-corrected chi connectivity index (χ1v) is 11.7. The monoisotopic (exact) mass is 451 g/mol. The van der Waals surface area contributed by atoms with Crippen molar-refractivity contribution in [1.82, 2.24) is 0 Å². The Labute approximate surface area is 198 Å². The van der Waals surface area contributed by atoms with Gasteiger partial charge >= 0.3 is 0 Å². The summed E-state index contributed by atoms with van der Waals surface area (Å²) in [5.74, 6) is 1.60. The molecule has 164 valence electrons. The lowest BCUT2D eigenvalue weighted by molar-refractivity contribution is 0.306. The van der Waals surface area contributed by atoms with Crippen LogP contribution in [0.25, 0.3) is 11.1 Å². The molecule has 4 aromatic rings. The molecule has 0 spiro atoms. The summed E-state index contributed by atoms with van der Waals surface area (Å²) in [6, 6.07) is 36.5.